The number of para-hydroxylation sites is 2. The lowest BCUT2D eigenvalue weighted by Crippen LogP contribution is -2.09. The highest BCUT2D eigenvalue weighted by Crippen LogP contribution is 2.43. The van der Waals surface area contributed by atoms with Gasteiger partial charge < -0.3 is 13.9 Å². The van der Waals surface area contributed by atoms with Crippen molar-refractivity contribution >= 4 is 71.6 Å². The van der Waals surface area contributed by atoms with Crippen LogP contribution in [0.4, 0.5) is 17.1 Å². The van der Waals surface area contributed by atoms with Crippen molar-refractivity contribution in [3.63, 3.8) is 0 Å². The zero-order valence-corrected chi connectivity index (χ0v) is 33.2. The second-order valence-electron chi connectivity index (χ2n) is 15.7. The van der Waals surface area contributed by atoms with Crippen LogP contribution >= 0.6 is 0 Å². The van der Waals surface area contributed by atoms with Gasteiger partial charge in [-0.1, -0.05) is 158 Å². The lowest BCUT2D eigenvalue weighted by atomic mass is 9.97. The van der Waals surface area contributed by atoms with Crippen LogP contribution in [0.15, 0.2) is 235 Å². The smallest absolute Gasteiger partial charge is 0.143 e. The van der Waals surface area contributed by atoms with E-state index in [1.807, 2.05) is 0 Å². The Hall–Kier alpha value is -8.14. The first-order valence-corrected chi connectivity index (χ1v) is 20.8. The molecule has 0 radical (unpaired) electrons. The van der Waals surface area contributed by atoms with Gasteiger partial charge in [-0.25, -0.2) is 0 Å². The van der Waals surface area contributed by atoms with E-state index in [9.17, 15) is 0 Å². The molecule has 0 aliphatic rings. The molecule has 0 spiro atoms. The van der Waals surface area contributed by atoms with Crippen LogP contribution in [0.2, 0.25) is 0 Å². The summed E-state index contributed by atoms with van der Waals surface area (Å²) >= 11 is 0. The molecule has 0 amide bonds. The van der Waals surface area contributed by atoms with Crippen LogP contribution < -0.4 is 4.90 Å². The third kappa shape index (κ3) is 5.82. The van der Waals surface area contributed by atoms with E-state index in [0.29, 0.717) is 0 Å². The van der Waals surface area contributed by atoms with Gasteiger partial charge in [0, 0.05) is 49.7 Å². The van der Waals surface area contributed by atoms with Gasteiger partial charge in [0.15, 0.2) is 0 Å². The lowest BCUT2D eigenvalue weighted by Gasteiger charge is -2.26. The molecule has 3 heteroatoms. The monoisotopic (exact) mass is 778 g/mol. The quantitative estimate of drug-likeness (QED) is 0.161. The van der Waals surface area contributed by atoms with E-state index in [1.165, 1.54) is 49.4 Å². The third-order valence-corrected chi connectivity index (χ3v) is 12.2. The Morgan fingerprint density at radius 3 is 1.54 bits per heavy atom. The van der Waals surface area contributed by atoms with Crippen molar-refractivity contribution in [2.45, 2.75) is 0 Å². The number of benzene rings is 10. The van der Waals surface area contributed by atoms with Crippen molar-refractivity contribution in [3.05, 3.63) is 231 Å². The molecule has 2 heterocycles. The highest BCUT2D eigenvalue weighted by atomic mass is 16.3. The lowest BCUT2D eigenvalue weighted by molar-refractivity contribution is 0.673. The van der Waals surface area contributed by atoms with E-state index in [1.54, 1.807) is 0 Å². The van der Waals surface area contributed by atoms with Crippen LogP contribution in [0, 0.1) is 0 Å². The first-order chi connectivity index (χ1) is 30.3. The first kappa shape index (κ1) is 34.9. The third-order valence-electron chi connectivity index (χ3n) is 12.2. The maximum atomic E-state index is 6.55. The van der Waals surface area contributed by atoms with E-state index in [0.717, 1.165) is 61.2 Å². The van der Waals surface area contributed by atoms with Gasteiger partial charge in [0.25, 0.3) is 0 Å². The summed E-state index contributed by atoms with van der Waals surface area (Å²) in [6.07, 6.45) is 0. The number of aromatic nitrogens is 1. The Labute approximate surface area is 353 Å². The van der Waals surface area contributed by atoms with Crippen molar-refractivity contribution in [2.24, 2.45) is 0 Å². The minimum absolute atomic E-state index is 0.897. The fourth-order valence-electron chi connectivity index (χ4n) is 9.37. The molecule has 3 nitrogen and oxygen atoms in total. The van der Waals surface area contributed by atoms with Gasteiger partial charge in [-0.2, -0.15) is 0 Å². The van der Waals surface area contributed by atoms with Gasteiger partial charge in [0.1, 0.15) is 11.2 Å². The maximum absolute atomic E-state index is 6.55. The molecule has 12 rings (SSSR count). The van der Waals surface area contributed by atoms with Gasteiger partial charge in [-0.05, 0) is 112 Å². The van der Waals surface area contributed by atoms with Crippen molar-refractivity contribution in [3.8, 4) is 39.1 Å². The van der Waals surface area contributed by atoms with Gasteiger partial charge >= 0.3 is 0 Å². The maximum Gasteiger partial charge on any atom is 0.143 e. The van der Waals surface area contributed by atoms with E-state index in [2.05, 4.69) is 240 Å². The molecule has 0 fully saturated rings. The number of anilines is 3. The number of hydrogen-bond donors (Lipinski definition) is 0. The molecule has 0 N–H and O–H groups in total. The Balaban J connectivity index is 0.964. The highest BCUT2D eigenvalue weighted by Gasteiger charge is 2.19. The predicted octanol–water partition coefficient (Wildman–Crippen LogP) is 16.3. The molecule has 0 bridgehead atoms. The number of nitrogens with zero attached hydrogens (tertiary/aromatic N) is 2. The number of rotatable bonds is 7. The predicted molar refractivity (Wildman–Crippen MR) is 257 cm³/mol. The summed E-state index contributed by atoms with van der Waals surface area (Å²) in [6, 6.07) is 82.8. The van der Waals surface area contributed by atoms with Crippen LogP contribution in [0.1, 0.15) is 0 Å². The Bertz CT molecular complexity index is 3550. The SMILES string of the molecule is c1ccc(-c2ccc(N(c3ccc(-c4cccc5oc6c7ccccc7ccc6c45)cc3)c3ccc(-c4cccc5c4c4ccccc4n5-c4ccccc4)cc3)cc2)cc1. The average molecular weight is 779 g/mol. The molecule has 0 saturated carbocycles. The van der Waals surface area contributed by atoms with Crippen molar-refractivity contribution in [1.82, 2.24) is 4.57 Å². The standard InChI is InChI=1S/C58H38N2O/c1-3-13-39(14-4-1)40-25-32-45(33-26-40)59(47-36-29-43(30-37-47)49-21-12-24-55-57(49)52-38-31-41-15-7-8-18-50(41)58(52)61-55)46-34-27-42(28-35-46)48-20-11-23-54-56(48)51-19-9-10-22-53(51)60(54)44-16-5-2-6-17-44/h1-38H. The van der Waals surface area contributed by atoms with Crippen molar-refractivity contribution < 1.29 is 4.42 Å². The second kappa shape index (κ2) is 14.3. The zero-order chi connectivity index (χ0) is 40.3. The molecule has 0 aliphatic heterocycles. The number of fused-ring (bicyclic) bond motifs is 8. The van der Waals surface area contributed by atoms with Gasteiger partial charge in [-0.15, -0.1) is 0 Å². The van der Waals surface area contributed by atoms with Gasteiger partial charge in [-0.3, -0.25) is 0 Å². The molecule has 0 atom stereocenters. The Kier molecular flexibility index (Phi) is 8.17. The minimum atomic E-state index is 0.897. The normalized spacial score (nSPS) is 11.6. The number of furan rings is 1. The first-order valence-electron chi connectivity index (χ1n) is 20.8. The topological polar surface area (TPSA) is 21.3 Å². The molecule has 2 aromatic heterocycles. The van der Waals surface area contributed by atoms with E-state index >= 15 is 0 Å². The molecular weight excluding hydrogens is 741 g/mol. The molecule has 0 aliphatic carbocycles. The van der Waals surface area contributed by atoms with Crippen LogP contribution in [0.5, 0.6) is 0 Å². The Morgan fingerprint density at radius 1 is 0.328 bits per heavy atom. The molecule has 0 saturated heterocycles. The van der Waals surface area contributed by atoms with Crippen LogP contribution in [-0.4, -0.2) is 4.57 Å². The second-order valence-corrected chi connectivity index (χ2v) is 15.7. The Morgan fingerprint density at radius 2 is 0.852 bits per heavy atom. The largest absolute Gasteiger partial charge is 0.455 e. The van der Waals surface area contributed by atoms with Crippen LogP contribution in [-0.2, 0) is 0 Å². The average Bonchev–Trinajstić information content (AvgIpc) is 3.90. The number of hydrogen-bond acceptors (Lipinski definition) is 2. The summed E-state index contributed by atoms with van der Waals surface area (Å²) < 4.78 is 8.92. The fourth-order valence-corrected chi connectivity index (χ4v) is 9.37. The van der Waals surface area contributed by atoms with Gasteiger partial charge in [0.2, 0.25) is 0 Å². The summed E-state index contributed by atoms with van der Waals surface area (Å²) in [4.78, 5) is 2.35. The molecule has 286 valence electrons. The van der Waals surface area contributed by atoms with E-state index in [-0.39, 0.29) is 0 Å². The summed E-state index contributed by atoms with van der Waals surface area (Å²) in [6.45, 7) is 0. The zero-order valence-electron chi connectivity index (χ0n) is 33.2. The van der Waals surface area contributed by atoms with E-state index in [4.69, 9.17) is 4.42 Å². The fraction of sp³-hybridized carbons (Fsp3) is 0. The summed E-state index contributed by atoms with van der Waals surface area (Å²) in [5, 5.41) is 7.09. The van der Waals surface area contributed by atoms with E-state index < -0.39 is 0 Å². The van der Waals surface area contributed by atoms with Crippen LogP contribution in [0.3, 0.4) is 0 Å². The molecular formula is C58H38N2O. The minimum Gasteiger partial charge on any atom is -0.455 e. The van der Waals surface area contributed by atoms with Gasteiger partial charge in [0.05, 0.1) is 11.0 Å². The molecule has 10 aromatic carbocycles. The molecule has 0 unspecified atom stereocenters. The van der Waals surface area contributed by atoms with Crippen LogP contribution in [0.25, 0.3) is 93.6 Å². The summed E-state index contributed by atoms with van der Waals surface area (Å²) in [7, 11) is 0. The molecule has 12 aromatic rings. The summed E-state index contributed by atoms with van der Waals surface area (Å²) in [5.74, 6) is 0. The van der Waals surface area contributed by atoms with Crippen molar-refractivity contribution in [2.75, 3.05) is 4.90 Å². The highest BCUT2D eigenvalue weighted by molar-refractivity contribution is 6.19. The summed E-state index contributed by atoms with van der Waals surface area (Å²) in [5.41, 5.74) is 15.7. The van der Waals surface area contributed by atoms with Crippen molar-refractivity contribution in [1.29, 1.82) is 0 Å². The molecule has 61 heavy (non-hydrogen) atoms.